The summed E-state index contributed by atoms with van der Waals surface area (Å²) in [6.45, 7) is 6.81. The van der Waals surface area contributed by atoms with Gasteiger partial charge in [-0.3, -0.25) is 9.59 Å². The number of benzene rings is 1. The zero-order valence-corrected chi connectivity index (χ0v) is 14.2. The largest absolute Gasteiger partial charge is 0.416 e. The van der Waals surface area contributed by atoms with Crippen LogP contribution in [0.1, 0.15) is 23.6 Å². The summed E-state index contributed by atoms with van der Waals surface area (Å²) in [7, 11) is 5.85. The van der Waals surface area contributed by atoms with Crippen LogP contribution in [0.15, 0.2) is 30.9 Å². The Hall–Kier alpha value is -2.25. The molecule has 0 aliphatic carbocycles. The van der Waals surface area contributed by atoms with E-state index >= 15 is 0 Å². The minimum Gasteiger partial charge on any atom is -0.360 e. The molecular formula is C17H20BF3N2O2. The van der Waals surface area contributed by atoms with Gasteiger partial charge < -0.3 is 10.2 Å². The van der Waals surface area contributed by atoms with Gasteiger partial charge >= 0.3 is 6.18 Å². The predicted octanol–water partition coefficient (Wildman–Crippen LogP) is 2.20. The van der Waals surface area contributed by atoms with Crippen molar-refractivity contribution < 1.29 is 22.8 Å². The van der Waals surface area contributed by atoms with E-state index in [2.05, 4.69) is 11.9 Å². The van der Waals surface area contributed by atoms with Crippen molar-refractivity contribution in [2.75, 3.05) is 13.1 Å². The van der Waals surface area contributed by atoms with Crippen LogP contribution in [0, 0.1) is 6.92 Å². The number of halogens is 3. The molecular weight excluding hydrogens is 332 g/mol. The molecule has 0 heterocycles. The van der Waals surface area contributed by atoms with E-state index in [0.717, 1.165) is 18.2 Å². The van der Waals surface area contributed by atoms with E-state index in [-0.39, 0.29) is 18.9 Å². The first-order chi connectivity index (χ1) is 11.6. The fourth-order valence-electron chi connectivity index (χ4n) is 2.29. The molecule has 0 saturated carbocycles. The summed E-state index contributed by atoms with van der Waals surface area (Å²) in [6.07, 6.45) is -3.11. The van der Waals surface area contributed by atoms with E-state index in [4.69, 9.17) is 7.85 Å². The maximum atomic E-state index is 12.7. The van der Waals surface area contributed by atoms with Crippen molar-refractivity contribution in [1.82, 2.24) is 10.2 Å². The van der Waals surface area contributed by atoms with Crippen LogP contribution in [-0.2, 0) is 22.2 Å². The molecule has 0 saturated heterocycles. The Bertz CT molecular complexity index is 647. The number of rotatable bonds is 7. The first kappa shape index (κ1) is 20.8. The molecule has 0 spiro atoms. The highest BCUT2D eigenvalue weighted by Gasteiger charge is 2.30. The van der Waals surface area contributed by atoms with Crippen LogP contribution in [0.5, 0.6) is 0 Å². The van der Waals surface area contributed by atoms with Crippen molar-refractivity contribution >= 4 is 19.7 Å². The molecule has 0 fully saturated rings. The monoisotopic (exact) mass is 352 g/mol. The lowest BCUT2D eigenvalue weighted by atomic mass is 9.87. The summed E-state index contributed by atoms with van der Waals surface area (Å²) in [5.74, 6) is -1.60. The van der Waals surface area contributed by atoms with Gasteiger partial charge in [-0.2, -0.15) is 13.2 Å². The van der Waals surface area contributed by atoms with Crippen LogP contribution in [0.25, 0.3) is 0 Å². The molecule has 0 aliphatic heterocycles. The topological polar surface area (TPSA) is 49.4 Å². The third-order valence-corrected chi connectivity index (χ3v) is 3.66. The van der Waals surface area contributed by atoms with Gasteiger partial charge in [0, 0.05) is 6.54 Å². The summed E-state index contributed by atoms with van der Waals surface area (Å²) in [6, 6.07) is 3.38. The van der Waals surface area contributed by atoms with Crippen molar-refractivity contribution in [3.05, 3.63) is 47.5 Å². The number of carbonyl (C=O) groups excluding carboxylic acids is 2. The van der Waals surface area contributed by atoms with Gasteiger partial charge in [0.1, 0.15) is 0 Å². The third-order valence-electron chi connectivity index (χ3n) is 3.66. The van der Waals surface area contributed by atoms with Crippen LogP contribution in [0.3, 0.4) is 0 Å². The third kappa shape index (κ3) is 6.28. The van der Waals surface area contributed by atoms with Crippen molar-refractivity contribution in [2.24, 2.45) is 0 Å². The summed E-state index contributed by atoms with van der Waals surface area (Å²) in [5.41, 5.74) is 0.319. The minimum absolute atomic E-state index is 0.166. The van der Waals surface area contributed by atoms with Crippen LogP contribution < -0.4 is 5.32 Å². The Morgan fingerprint density at radius 1 is 1.40 bits per heavy atom. The molecule has 1 atom stereocenters. The predicted molar refractivity (Wildman–Crippen MR) is 90.0 cm³/mol. The molecule has 1 rings (SSSR count). The summed E-state index contributed by atoms with van der Waals surface area (Å²) in [5, 5.41) is 2.53. The van der Waals surface area contributed by atoms with Gasteiger partial charge in [-0.1, -0.05) is 12.6 Å². The standard InChI is InChI=1S/C17H20BF3N2O2/c1-4-16(25)23(5-2)10-15(24)22-14(18)9-12-6-7-13(8-11(12)3)17(19,20)21/h4,6-8,14H,1,5,9-10H2,2-3H3,(H,22,24)/t14-/m0/s1. The average molecular weight is 352 g/mol. The van der Waals surface area contributed by atoms with Gasteiger partial charge in [0.15, 0.2) is 0 Å². The van der Waals surface area contributed by atoms with Crippen LogP contribution >= 0.6 is 0 Å². The molecule has 2 amide bonds. The van der Waals surface area contributed by atoms with Gasteiger partial charge in [0.2, 0.25) is 11.8 Å². The van der Waals surface area contributed by atoms with Crippen molar-refractivity contribution in [3.8, 4) is 0 Å². The number of likely N-dealkylation sites (N-methyl/N-ethyl adjacent to an activating group) is 1. The molecule has 0 aromatic heterocycles. The fraction of sp³-hybridized carbons (Fsp3) is 0.412. The SMILES string of the molecule is [B][C@H](Cc1ccc(C(F)(F)F)cc1C)NC(=O)CN(CC)C(=O)C=C. The maximum absolute atomic E-state index is 12.7. The smallest absolute Gasteiger partial charge is 0.360 e. The van der Waals surface area contributed by atoms with Gasteiger partial charge in [-0.05, 0) is 55.5 Å². The highest BCUT2D eigenvalue weighted by Crippen LogP contribution is 2.30. The number of hydrogen-bond acceptors (Lipinski definition) is 2. The molecule has 4 nitrogen and oxygen atoms in total. The van der Waals surface area contributed by atoms with Crippen LogP contribution in [-0.4, -0.2) is 43.6 Å². The Balaban J connectivity index is 2.67. The van der Waals surface area contributed by atoms with E-state index in [9.17, 15) is 22.8 Å². The lowest BCUT2D eigenvalue weighted by Gasteiger charge is -2.21. The van der Waals surface area contributed by atoms with E-state index in [1.807, 2.05) is 0 Å². The Kier molecular flexibility index (Phi) is 7.27. The molecule has 2 radical (unpaired) electrons. The lowest BCUT2D eigenvalue weighted by Crippen LogP contribution is -2.44. The number of nitrogens with zero attached hydrogens (tertiary/aromatic N) is 1. The second-order valence-electron chi connectivity index (χ2n) is 5.57. The number of nitrogens with one attached hydrogen (secondary N) is 1. The first-order valence-corrected chi connectivity index (χ1v) is 7.71. The molecule has 0 unspecified atom stereocenters. The van der Waals surface area contributed by atoms with E-state index in [1.165, 1.54) is 11.0 Å². The number of amides is 2. The number of aryl methyl sites for hydroxylation is 1. The lowest BCUT2D eigenvalue weighted by molar-refractivity contribution is -0.137. The molecule has 8 heteroatoms. The molecule has 134 valence electrons. The summed E-state index contributed by atoms with van der Waals surface area (Å²) in [4.78, 5) is 24.7. The molecule has 1 aromatic carbocycles. The zero-order chi connectivity index (χ0) is 19.2. The maximum Gasteiger partial charge on any atom is 0.416 e. The number of carbonyl (C=O) groups is 2. The number of alkyl halides is 3. The zero-order valence-electron chi connectivity index (χ0n) is 14.2. The van der Waals surface area contributed by atoms with Crippen LogP contribution in [0.4, 0.5) is 13.2 Å². The number of hydrogen-bond donors (Lipinski definition) is 1. The quantitative estimate of drug-likeness (QED) is 0.604. The van der Waals surface area contributed by atoms with Gasteiger partial charge in [0.25, 0.3) is 0 Å². The van der Waals surface area contributed by atoms with Gasteiger partial charge in [-0.25, -0.2) is 0 Å². The van der Waals surface area contributed by atoms with Crippen molar-refractivity contribution in [1.29, 1.82) is 0 Å². The Labute approximate surface area is 146 Å². The highest BCUT2D eigenvalue weighted by molar-refractivity contribution is 6.13. The van der Waals surface area contributed by atoms with E-state index in [1.54, 1.807) is 13.8 Å². The second kappa shape index (κ2) is 8.73. The van der Waals surface area contributed by atoms with Gasteiger partial charge in [0.05, 0.1) is 20.0 Å². The van der Waals surface area contributed by atoms with E-state index in [0.29, 0.717) is 17.7 Å². The van der Waals surface area contributed by atoms with Crippen molar-refractivity contribution in [3.63, 3.8) is 0 Å². The summed E-state index contributed by atoms with van der Waals surface area (Å²) < 4.78 is 38.0. The average Bonchev–Trinajstić information content (AvgIpc) is 2.52. The van der Waals surface area contributed by atoms with Crippen molar-refractivity contribution in [2.45, 2.75) is 32.4 Å². The Morgan fingerprint density at radius 3 is 2.52 bits per heavy atom. The highest BCUT2D eigenvalue weighted by atomic mass is 19.4. The van der Waals surface area contributed by atoms with E-state index < -0.39 is 23.6 Å². The molecule has 25 heavy (non-hydrogen) atoms. The Morgan fingerprint density at radius 2 is 2.04 bits per heavy atom. The van der Waals surface area contributed by atoms with Crippen LogP contribution in [0.2, 0.25) is 0 Å². The molecule has 0 bridgehead atoms. The normalized spacial score (nSPS) is 12.4. The minimum atomic E-state index is -4.40. The molecule has 1 aromatic rings. The fourth-order valence-corrected chi connectivity index (χ4v) is 2.29. The molecule has 1 N–H and O–H groups in total. The molecule has 0 aliphatic rings. The van der Waals surface area contributed by atoms with Gasteiger partial charge in [-0.15, -0.1) is 0 Å². The first-order valence-electron chi connectivity index (χ1n) is 7.71. The summed E-state index contributed by atoms with van der Waals surface area (Å²) >= 11 is 0. The second-order valence-corrected chi connectivity index (χ2v) is 5.57.